The van der Waals surface area contributed by atoms with E-state index in [1.54, 1.807) is 7.11 Å². The fourth-order valence-corrected chi connectivity index (χ4v) is 2.57. The summed E-state index contributed by atoms with van der Waals surface area (Å²) in [6, 6.07) is 6.35. The molecule has 1 aromatic carbocycles. The highest BCUT2D eigenvalue weighted by molar-refractivity contribution is 9.10. The van der Waals surface area contributed by atoms with E-state index in [-0.39, 0.29) is 5.54 Å². The van der Waals surface area contributed by atoms with Crippen LogP contribution in [0.2, 0.25) is 0 Å². The second-order valence-electron chi connectivity index (χ2n) is 6.08. The van der Waals surface area contributed by atoms with E-state index in [0.29, 0.717) is 5.92 Å². The van der Waals surface area contributed by atoms with Crippen molar-refractivity contribution in [2.75, 3.05) is 13.7 Å². The van der Waals surface area contributed by atoms with Crippen LogP contribution < -0.4 is 10.1 Å². The number of benzene rings is 1. The molecule has 0 radical (unpaired) electrons. The summed E-state index contributed by atoms with van der Waals surface area (Å²) in [5, 5.41) is 3.59. The lowest BCUT2D eigenvalue weighted by atomic mass is 9.95. The van der Waals surface area contributed by atoms with Crippen molar-refractivity contribution in [2.24, 2.45) is 5.92 Å². The summed E-state index contributed by atoms with van der Waals surface area (Å²) in [5.41, 5.74) is 1.55. The summed E-state index contributed by atoms with van der Waals surface area (Å²) in [4.78, 5) is 0. The number of nitrogens with one attached hydrogen (secondary N) is 1. The van der Waals surface area contributed by atoms with Gasteiger partial charge in [-0.3, -0.25) is 0 Å². The molecule has 0 amide bonds. The highest BCUT2D eigenvalue weighted by atomic mass is 79.9. The second kappa shape index (κ2) is 7.30. The molecule has 0 saturated heterocycles. The predicted molar refractivity (Wildman–Crippen MR) is 85.9 cm³/mol. The molecule has 0 aliphatic heterocycles. The number of halogens is 1. The third-order valence-corrected chi connectivity index (χ3v) is 3.86. The van der Waals surface area contributed by atoms with Crippen LogP contribution in [0.25, 0.3) is 0 Å². The SMILES string of the molecule is CCC(CNC(C)(C)C)Cc1ccc(OC)c(Br)c1. The molecule has 1 aromatic rings. The van der Waals surface area contributed by atoms with Crippen LogP contribution in [0.3, 0.4) is 0 Å². The molecule has 0 spiro atoms. The summed E-state index contributed by atoms with van der Waals surface area (Å²) in [6.07, 6.45) is 2.29. The third-order valence-electron chi connectivity index (χ3n) is 3.24. The van der Waals surface area contributed by atoms with Crippen LogP contribution in [0, 0.1) is 5.92 Å². The first-order valence-electron chi connectivity index (χ1n) is 6.93. The van der Waals surface area contributed by atoms with Crippen LogP contribution in [-0.4, -0.2) is 19.2 Å². The van der Waals surface area contributed by atoms with Gasteiger partial charge in [-0.15, -0.1) is 0 Å². The summed E-state index contributed by atoms with van der Waals surface area (Å²) in [6.45, 7) is 9.95. The quantitative estimate of drug-likeness (QED) is 0.835. The van der Waals surface area contributed by atoms with Gasteiger partial charge in [0, 0.05) is 5.54 Å². The van der Waals surface area contributed by atoms with Crippen molar-refractivity contribution in [3.63, 3.8) is 0 Å². The van der Waals surface area contributed by atoms with E-state index in [4.69, 9.17) is 4.74 Å². The van der Waals surface area contributed by atoms with Gasteiger partial charge in [0.25, 0.3) is 0 Å². The van der Waals surface area contributed by atoms with Gasteiger partial charge in [0.1, 0.15) is 5.75 Å². The monoisotopic (exact) mass is 327 g/mol. The van der Waals surface area contributed by atoms with E-state index in [1.165, 1.54) is 12.0 Å². The molecule has 0 saturated carbocycles. The average Bonchev–Trinajstić information content (AvgIpc) is 2.33. The topological polar surface area (TPSA) is 21.3 Å². The minimum absolute atomic E-state index is 0.188. The fourth-order valence-electron chi connectivity index (χ4n) is 1.98. The maximum Gasteiger partial charge on any atom is 0.133 e. The molecular weight excluding hydrogens is 302 g/mol. The highest BCUT2D eigenvalue weighted by Crippen LogP contribution is 2.27. The Balaban J connectivity index is 2.63. The first kappa shape index (κ1) is 16.5. The minimum Gasteiger partial charge on any atom is -0.496 e. The molecule has 3 heteroatoms. The van der Waals surface area contributed by atoms with Crippen molar-refractivity contribution < 1.29 is 4.74 Å². The standard InChI is InChI=1S/C16H26BrNO/c1-6-12(11-18-16(2,3)4)9-13-7-8-15(19-5)14(17)10-13/h7-8,10,12,18H,6,9,11H2,1-5H3. The first-order valence-corrected chi connectivity index (χ1v) is 7.72. The number of methoxy groups -OCH3 is 1. The van der Waals surface area contributed by atoms with Crippen molar-refractivity contribution in [1.29, 1.82) is 0 Å². The summed E-state index contributed by atoms with van der Waals surface area (Å²) >= 11 is 3.55. The largest absolute Gasteiger partial charge is 0.496 e. The number of hydrogen-bond acceptors (Lipinski definition) is 2. The third kappa shape index (κ3) is 5.96. The van der Waals surface area contributed by atoms with Gasteiger partial charge in [-0.2, -0.15) is 0 Å². The highest BCUT2D eigenvalue weighted by Gasteiger charge is 2.14. The van der Waals surface area contributed by atoms with Crippen LogP contribution in [0.4, 0.5) is 0 Å². The summed E-state index contributed by atoms with van der Waals surface area (Å²) in [7, 11) is 1.70. The number of ether oxygens (including phenoxy) is 1. The van der Waals surface area contributed by atoms with E-state index in [9.17, 15) is 0 Å². The van der Waals surface area contributed by atoms with Crippen molar-refractivity contribution >= 4 is 15.9 Å². The predicted octanol–water partition coefficient (Wildman–Crippen LogP) is 4.41. The van der Waals surface area contributed by atoms with E-state index in [2.05, 4.69) is 61.1 Å². The van der Waals surface area contributed by atoms with Gasteiger partial charge < -0.3 is 10.1 Å². The zero-order valence-corrected chi connectivity index (χ0v) is 14.3. The maximum absolute atomic E-state index is 5.26. The van der Waals surface area contributed by atoms with Crippen molar-refractivity contribution in [3.05, 3.63) is 28.2 Å². The average molecular weight is 328 g/mol. The first-order chi connectivity index (χ1) is 8.85. The van der Waals surface area contributed by atoms with Gasteiger partial charge in [0.2, 0.25) is 0 Å². The Kier molecular flexibility index (Phi) is 6.34. The van der Waals surface area contributed by atoms with Crippen molar-refractivity contribution in [2.45, 2.75) is 46.1 Å². The Morgan fingerprint density at radius 2 is 2.00 bits per heavy atom. The molecule has 0 fully saturated rings. The van der Waals surface area contributed by atoms with Crippen molar-refractivity contribution in [1.82, 2.24) is 5.32 Å². The van der Waals surface area contributed by atoms with Gasteiger partial charge in [0.15, 0.2) is 0 Å². The molecule has 19 heavy (non-hydrogen) atoms. The molecule has 0 bridgehead atoms. The molecule has 0 aliphatic rings. The molecule has 1 atom stereocenters. The summed E-state index contributed by atoms with van der Waals surface area (Å²) in [5.74, 6) is 1.56. The lowest BCUT2D eigenvalue weighted by Gasteiger charge is -2.25. The van der Waals surface area contributed by atoms with Gasteiger partial charge in [-0.05, 0) is 73.3 Å². The molecular formula is C16H26BrNO. The number of hydrogen-bond donors (Lipinski definition) is 1. The molecule has 1 N–H and O–H groups in total. The van der Waals surface area contributed by atoms with Crippen molar-refractivity contribution in [3.8, 4) is 5.75 Å². The van der Waals surface area contributed by atoms with E-state index >= 15 is 0 Å². The molecule has 0 aromatic heterocycles. The molecule has 1 rings (SSSR count). The summed E-state index contributed by atoms with van der Waals surface area (Å²) < 4.78 is 6.30. The molecule has 2 nitrogen and oxygen atoms in total. The van der Waals surface area contributed by atoms with E-state index in [0.717, 1.165) is 23.2 Å². The van der Waals surface area contributed by atoms with Crippen LogP contribution >= 0.6 is 15.9 Å². The van der Waals surface area contributed by atoms with Crippen LogP contribution in [-0.2, 0) is 6.42 Å². The van der Waals surface area contributed by atoms with Gasteiger partial charge in [-0.25, -0.2) is 0 Å². The van der Waals surface area contributed by atoms with Gasteiger partial charge >= 0.3 is 0 Å². The lowest BCUT2D eigenvalue weighted by Crippen LogP contribution is -2.39. The van der Waals surface area contributed by atoms with Crippen LogP contribution in [0.5, 0.6) is 5.75 Å². The normalized spacial score (nSPS) is 13.4. The van der Waals surface area contributed by atoms with Gasteiger partial charge in [0.05, 0.1) is 11.6 Å². The maximum atomic E-state index is 5.26. The van der Waals surface area contributed by atoms with Crippen LogP contribution in [0.15, 0.2) is 22.7 Å². The Labute approximate surface area is 126 Å². The second-order valence-corrected chi connectivity index (χ2v) is 6.93. The fraction of sp³-hybridized carbons (Fsp3) is 0.625. The molecule has 108 valence electrons. The number of rotatable bonds is 6. The Morgan fingerprint density at radius 1 is 1.32 bits per heavy atom. The molecule has 0 aliphatic carbocycles. The Bertz CT molecular complexity index is 398. The lowest BCUT2D eigenvalue weighted by molar-refractivity contribution is 0.363. The zero-order chi connectivity index (χ0) is 14.5. The Hall–Kier alpha value is -0.540. The van der Waals surface area contributed by atoms with E-state index < -0.39 is 0 Å². The Morgan fingerprint density at radius 3 is 2.47 bits per heavy atom. The zero-order valence-electron chi connectivity index (χ0n) is 12.7. The molecule has 1 unspecified atom stereocenters. The van der Waals surface area contributed by atoms with Crippen LogP contribution in [0.1, 0.15) is 39.7 Å². The van der Waals surface area contributed by atoms with E-state index in [1.807, 2.05) is 6.07 Å². The minimum atomic E-state index is 0.188. The smallest absolute Gasteiger partial charge is 0.133 e. The van der Waals surface area contributed by atoms with Gasteiger partial charge in [-0.1, -0.05) is 19.4 Å². The molecule has 0 heterocycles.